The van der Waals surface area contributed by atoms with E-state index < -0.39 is 0 Å². The number of nitrogens with zero attached hydrogens (tertiary/aromatic N) is 1. The van der Waals surface area contributed by atoms with Gasteiger partial charge in [0.05, 0.1) is 0 Å². The third kappa shape index (κ3) is 2.46. The summed E-state index contributed by atoms with van der Waals surface area (Å²) in [5.41, 5.74) is 0.889. The van der Waals surface area contributed by atoms with Crippen molar-refractivity contribution < 1.29 is 9.36 Å². The molecule has 3 nitrogen and oxygen atoms in total. The van der Waals surface area contributed by atoms with Crippen molar-refractivity contribution in [2.24, 2.45) is 0 Å². The summed E-state index contributed by atoms with van der Waals surface area (Å²) in [6.45, 7) is 0. The van der Waals surface area contributed by atoms with Gasteiger partial charge in [-0.05, 0) is 0 Å². The Morgan fingerprint density at radius 3 is 2.62 bits per heavy atom. The first-order valence-electron chi connectivity index (χ1n) is 3.72. The number of hydrogen-bond donors (Lipinski definition) is 0. The Morgan fingerprint density at radius 1 is 1.46 bits per heavy atom. The molecular formula is C8H9BClNO2. The minimum atomic E-state index is 0.376. The number of halogens is 1. The van der Waals surface area contributed by atoms with Gasteiger partial charge in [0, 0.05) is 0 Å². The number of benzene rings is 1. The van der Waals surface area contributed by atoms with E-state index in [-0.39, 0.29) is 0 Å². The second kappa shape index (κ2) is 4.28. The van der Waals surface area contributed by atoms with Gasteiger partial charge >= 0.3 is 82.0 Å². The summed E-state index contributed by atoms with van der Waals surface area (Å²) >= 11 is 5.92. The van der Waals surface area contributed by atoms with Crippen LogP contribution in [0.4, 0.5) is 5.69 Å². The Labute approximate surface area is 82.5 Å². The molecule has 0 heterocycles. The van der Waals surface area contributed by atoms with Gasteiger partial charge in [-0.1, -0.05) is 0 Å². The summed E-state index contributed by atoms with van der Waals surface area (Å²) in [5, 5.41) is 0.560. The predicted molar refractivity (Wildman–Crippen MR) is 52.8 cm³/mol. The van der Waals surface area contributed by atoms with Crippen molar-refractivity contribution in [1.29, 1.82) is 0 Å². The van der Waals surface area contributed by atoms with E-state index in [9.17, 15) is 4.70 Å². The van der Waals surface area contributed by atoms with E-state index in [2.05, 4.69) is 4.65 Å². The van der Waals surface area contributed by atoms with E-state index in [0.717, 1.165) is 5.69 Å². The van der Waals surface area contributed by atoms with E-state index in [1.807, 2.05) is 19.0 Å². The molecule has 0 bridgehead atoms. The topological polar surface area (TPSA) is 29.5 Å². The molecule has 0 radical (unpaired) electrons. The van der Waals surface area contributed by atoms with E-state index in [1.165, 1.54) is 0 Å². The Balaban J connectivity index is 2.98. The van der Waals surface area contributed by atoms with Crippen molar-refractivity contribution >= 4 is 24.6 Å². The van der Waals surface area contributed by atoms with Crippen molar-refractivity contribution in [3.05, 3.63) is 23.2 Å². The summed E-state index contributed by atoms with van der Waals surface area (Å²) in [6, 6.07) is 5.09. The molecule has 5 heteroatoms. The molecule has 1 aromatic rings. The van der Waals surface area contributed by atoms with Gasteiger partial charge < -0.3 is 0 Å². The van der Waals surface area contributed by atoms with Crippen LogP contribution in [0.25, 0.3) is 0 Å². The van der Waals surface area contributed by atoms with Gasteiger partial charge in [-0.2, -0.15) is 0 Å². The molecule has 0 fully saturated rings. The zero-order chi connectivity index (χ0) is 9.84. The monoisotopic (exact) mass is 197 g/mol. The van der Waals surface area contributed by atoms with Crippen LogP contribution in [0.5, 0.6) is 5.75 Å². The van der Waals surface area contributed by atoms with Crippen LogP contribution in [0.1, 0.15) is 0 Å². The van der Waals surface area contributed by atoms with Crippen molar-refractivity contribution in [2.45, 2.75) is 0 Å². The summed E-state index contributed by atoms with van der Waals surface area (Å²) < 4.78 is 14.7. The minimum absolute atomic E-state index is 0.376. The normalized spacial score (nSPS) is 9.15. The molecule has 0 spiro atoms. The van der Waals surface area contributed by atoms with Crippen LogP contribution in [-0.2, 0) is 4.70 Å². The molecule has 0 aliphatic rings. The van der Waals surface area contributed by atoms with E-state index in [1.54, 1.807) is 18.2 Å². The molecule has 0 unspecified atom stereocenters. The van der Waals surface area contributed by atoms with Crippen LogP contribution in [-0.4, -0.2) is 21.4 Å². The molecule has 1 aromatic carbocycles. The second-order valence-electron chi connectivity index (χ2n) is 2.72. The van der Waals surface area contributed by atoms with Crippen LogP contribution < -0.4 is 9.55 Å². The molecule has 0 amide bonds. The first kappa shape index (κ1) is 10.1. The van der Waals surface area contributed by atoms with Crippen LogP contribution in [0.3, 0.4) is 0 Å². The second-order valence-corrected chi connectivity index (χ2v) is 3.13. The first-order chi connectivity index (χ1) is 6.15. The quantitative estimate of drug-likeness (QED) is 0.692. The predicted octanol–water partition coefficient (Wildman–Crippen LogP) is 1.75. The Morgan fingerprint density at radius 2 is 2.15 bits per heavy atom. The molecule has 0 saturated heterocycles. The number of rotatable bonds is 3. The van der Waals surface area contributed by atoms with Crippen molar-refractivity contribution in [3.8, 4) is 5.75 Å². The molecule has 0 aliphatic carbocycles. The summed E-state index contributed by atoms with van der Waals surface area (Å²) in [7, 11) is 4.16. The van der Waals surface area contributed by atoms with E-state index >= 15 is 0 Å². The average Bonchev–Trinajstić information content (AvgIpc) is 2.04. The van der Waals surface area contributed by atoms with Crippen LogP contribution in [0, 0.1) is 0 Å². The fraction of sp³-hybridized carbons (Fsp3) is 0.250. The fourth-order valence-electron chi connectivity index (χ4n) is 0.979. The Kier molecular flexibility index (Phi) is 3.31. The number of anilines is 1. The van der Waals surface area contributed by atoms with Gasteiger partial charge in [-0.15, -0.1) is 0 Å². The third-order valence-corrected chi connectivity index (χ3v) is 1.89. The van der Waals surface area contributed by atoms with Gasteiger partial charge in [0.2, 0.25) is 0 Å². The van der Waals surface area contributed by atoms with Crippen molar-refractivity contribution in [1.82, 2.24) is 0 Å². The maximum absolute atomic E-state index is 10.0. The molecular weight excluding hydrogens is 188 g/mol. The van der Waals surface area contributed by atoms with Gasteiger partial charge in [0.15, 0.2) is 0 Å². The molecule has 0 aliphatic heterocycles. The maximum atomic E-state index is 10.0. The fourth-order valence-corrected chi connectivity index (χ4v) is 1.32. The summed E-state index contributed by atoms with van der Waals surface area (Å²) in [5.74, 6) is 0.450. The molecule has 0 atom stereocenters. The summed E-state index contributed by atoms with van der Waals surface area (Å²) in [4.78, 5) is 1.88. The Hall–Kier alpha value is -1.03. The van der Waals surface area contributed by atoms with Crippen molar-refractivity contribution in [2.75, 3.05) is 19.0 Å². The Bertz CT molecular complexity index is 317. The van der Waals surface area contributed by atoms with Gasteiger partial charge in [-0.25, -0.2) is 0 Å². The molecule has 0 aromatic heterocycles. The van der Waals surface area contributed by atoms with Crippen LogP contribution in [0.2, 0.25) is 5.02 Å². The van der Waals surface area contributed by atoms with E-state index in [4.69, 9.17) is 11.6 Å². The van der Waals surface area contributed by atoms with E-state index in [0.29, 0.717) is 18.1 Å². The van der Waals surface area contributed by atoms with Gasteiger partial charge in [0.25, 0.3) is 0 Å². The van der Waals surface area contributed by atoms with Crippen LogP contribution in [0.15, 0.2) is 18.2 Å². The first-order valence-corrected chi connectivity index (χ1v) is 4.10. The molecule has 1 rings (SSSR count). The molecule has 0 N–H and O–H groups in total. The van der Waals surface area contributed by atoms with Crippen molar-refractivity contribution in [3.63, 3.8) is 0 Å². The van der Waals surface area contributed by atoms with Gasteiger partial charge in [-0.3, -0.25) is 0 Å². The molecule has 0 saturated carbocycles. The zero-order valence-electron chi connectivity index (χ0n) is 7.45. The summed E-state index contributed by atoms with van der Waals surface area (Å²) in [6.07, 6.45) is 0. The van der Waals surface area contributed by atoms with Crippen LogP contribution >= 0.6 is 11.6 Å². The van der Waals surface area contributed by atoms with Gasteiger partial charge in [0.1, 0.15) is 0 Å². The molecule has 68 valence electrons. The third-order valence-electron chi connectivity index (χ3n) is 1.59. The zero-order valence-corrected chi connectivity index (χ0v) is 8.21. The number of hydrogen-bond acceptors (Lipinski definition) is 3. The SMILES string of the molecule is CN(C)c1ccc(OB=O)cc1Cl. The standard InChI is InChI=1S/C8H9BClNO2/c1-11(2)8-4-3-6(13-9-12)5-7(8)10/h3-5H,1-2H3. The molecule has 13 heavy (non-hydrogen) atoms. The average molecular weight is 197 g/mol.